The van der Waals surface area contributed by atoms with Crippen LogP contribution in [0.3, 0.4) is 0 Å². The van der Waals surface area contributed by atoms with Crippen LogP contribution in [0.15, 0.2) is 24.9 Å². The van der Waals surface area contributed by atoms with Gasteiger partial charge in [0.15, 0.2) is 0 Å². The molecule has 3 heterocycles. The quantitative estimate of drug-likeness (QED) is 0.716. The topological polar surface area (TPSA) is 56.8 Å². The second-order valence-corrected chi connectivity index (χ2v) is 6.11. The molecule has 0 bridgehead atoms. The number of carbonyl (C=O) groups excluding carboxylic acids is 2. The summed E-state index contributed by atoms with van der Waals surface area (Å²) in [6, 6.07) is 0.613. The van der Waals surface area contributed by atoms with Crippen LogP contribution < -0.4 is 4.90 Å². The monoisotopic (exact) mass is 354 g/mol. The van der Waals surface area contributed by atoms with Gasteiger partial charge in [-0.3, -0.25) is 9.59 Å². The number of piperazine rings is 1. The first-order valence-corrected chi connectivity index (χ1v) is 7.73. The van der Waals surface area contributed by atoms with Gasteiger partial charge in [-0.25, -0.2) is 4.98 Å². The lowest BCUT2D eigenvalue weighted by Crippen LogP contribution is -2.57. The zero-order chi connectivity index (χ0) is 18.4. The van der Waals surface area contributed by atoms with Crippen LogP contribution in [0.25, 0.3) is 0 Å². The van der Waals surface area contributed by atoms with Gasteiger partial charge in [0, 0.05) is 39.4 Å². The maximum absolute atomic E-state index is 13.0. The molecule has 2 aliphatic rings. The third-order valence-corrected chi connectivity index (χ3v) is 4.50. The highest BCUT2D eigenvalue weighted by molar-refractivity contribution is 6.00. The Labute approximate surface area is 142 Å². The first-order chi connectivity index (χ1) is 11.7. The molecular weight excluding hydrogens is 337 g/mol. The van der Waals surface area contributed by atoms with Gasteiger partial charge in [-0.1, -0.05) is 6.58 Å². The second-order valence-electron chi connectivity index (χ2n) is 6.11. The van der Waals surface area contributed by atoms with E-state index in [1.807, 2.05) is 4.90 Å². The number of aromatic nitrogens is 1. The summed E-state index contributed by atoms with van der Waals surface area (Å²) in [4.78, 5) is 33.1. The van der Waals surface area contributed by atoms with Crippen molar-refractivity contribution in [2.75, 3.05) is 38.1 Å². The highest BCUT2D eigenvalue weighted by Crippen LogP contribution is 2.34. The summed E-state index contributed by atoms with van der Waals surface area (Å²) in [5, 5.41) is 0. The maximum Gasteiger partial charge on any atom is 0.417 e. The Balaban J connectivity index is 2.00. The number of nitrogens with zero attached hydrogens (tertiary/aromatic N) is 4. The van der Waals surface area contributed by atoms with Crippen LogP contribution in [0, 0.1) is 0 Å². The number of likely N-dealkylation sites (N-methyl/N-ethyl adjacent to an activating group) is 1. The van der Waals surface area contributed by atoms with Crippen molar-refractivity contribution in [1.29, 1.82) is 0 Å². The zero-order valence-corrected chi connectivity index (χ0v) is 13.6. The highest BCUT2D eigenvalue weighted by Gasteiger charge is 2.39. The Bertz CT molecular complexity index is 735. The molecule has 0 radical (unpaired) electrons. The van der Waals surface area contributed by atoms with E-state index in [-0.39, 0.29) is 29.9 Å². The second kappa shape index (κ2) is 6.05. The molecule has 1 saturated heterocycles. The third-order valence-electron chi connectivity index (χ3n) is 4.50. The molecule has 1 aromatic rings. The smallest absolute Gasteiger partial charge is 0.348 e. The van der Waals surface area contributed by atoms with Crippen LogP contribution in [0.4, 0.5) is 19.0 Å². The molecule has 6 nitrogen and oxygen atoms in total. The fourth-order valence-corrected chi connectivity index (χ4v) is 3.22. The van der Waals surface area contributed by atoms with Crippen LogP contribution in [0.1, 0.15) is 15.9 Å². The lowest BCUT2D eigenvalue weighted by atomic mass is 10.1. The highest BCUT2D eigenvalue weighted by atomic mass is 19.4. The molecule has 1 atom stereocenters. The minimum absolute atomic E-state index is 0.0664. The van der Waals surface area contributed by atoms with Gasteiger partial charge in [0.05, 0.1) is 17.2 Å². The summed E-state index contributed by atoms with van der Waals surface area (Å²) in [7, 11) is 1.53. The standard InChI is InChI=1S/C16H17F3N4O2/c1-3-13(24)22-4-5-23-11(9-22)8-21(2)15(25)12-6-10(16(17,18)19)7-20-14(12)23/h3,6-7,11H,1,4-5,8-9H2,2H3. The van der Waals surface area contributed by atoms with Gasteiger partial charge in [-0.15, -0.1) is 0 Å². The Morgan fingerprint density at radius 1 is 1.36 bits per heavy atom. The van der Waals surface area contributed by atoms with Gasteiger partial charge in [0.2, 0.25) is 5.91 Å². The number of hydrogen-bond donors (Lipinski definition) is 0. The molecule has 9 heteroatoms. The largest absolute Gasteiger partial charge is 0.417 e. The molecule has 0 aromatic carbocycles. The van der Waals surface area contributed by atoms with Gasteiger partial charge < -0.3 is 14.7 Å². The van der Waals surface area contributed by atoms with E-state index in [9.17, 15) is 22.8 Å². The summed E-state index contributed by atoms with van der Waals surface area (Å²) >= 11 is 0. The van der Waals surface area contributed by atoms with Gasteiger partial charge >= 0.3 is 6.18 Å². The molecule has 3 rings (SSSR count). The molecule has 1 aromatic heterocycles. The number of amides is 2. The van der Waals surface area contributed by atoms with Crippen molar-refractivity contribution in [1.82, 2.24) is 14.8 Å². The molecule has 0 aliphatic carbocycles. The summed E-state index contributed by atoms with van der Waals surface area (Å²) in [5.41, 5.74) is -1.02. The number of alkyl halides is 3. The van der Waals surface area contributed by atoms with Crippen LogP contribution in [-0.4, -0.2) is 65.9 Å². The first-order valence-electron chi connectivity index (χ1n) is 7.73. The van der Waals surface area contributed by atoms with Crippen LogP contribution in [0.2, 0.25) is 0 Å². The van der Waals surface area contributed by atoms with E-state index in [1.165, 1.54) is 18.0 Å². The molecule has 0 saturated carbocycles. The van der Waals surface area contributed by atoms with Crippen molar-refractivity contribution in [2.24, 2.45) is 0 Å². The molecule has 2 amide bonds. The first kappa shape index (κ1) is 17.2. The van der Waals surface area contributed by atoms with E-state index < -0.39 is 17.6 Å². The van der Waals surface area contributed by atoms with Crippen molar-refractivity contribution in [2.45, 2.75) is 12.2 Å². The zero-order valence-electron chi connectivity index (χ0n) is 13.6. The van der Waals surface area contributed by atoms with E-state index >= 15 is 0 Å². The molecular formula is C16H17F3N4O2. The molecule has 2 aliphatic heterocycles. The summed E-state index contributed by atoms with van der Waals surface area (Å²) in [6.07, 6.45) is -2.60. The molecule has 1 unspecified atom stereocenters. The van der Waals surface area contributed by atoms with Gasteiger partial charge in [-0.2, -0.15) is 13.2 Å². The van der Waals surface area contributed by atoms with Crippen LogP contribution in [0.5, 0.6) is 0 Å². The molecule has 25 heavy (non-hydrogen) atoms. The fraction of sp³-hybridized carbons (Fsp3) is 0.438. The predicted octanol–water partition coefficient (Wildman–Crippen LogP) is 1.39. The van der Waals surface area contributed by atoms with Crippen molar-refractivity contribution in [3.05, 3.63) is 36.0 Å². The Morgan fingerprint density at radius 3 is 2.72 bits per heavy atom. The van der Waals surface area contributed by atoms with Crippen molar-refractivity contribution in [3.8, 4) is 0 Å². The minimum atomic E-state index is -4.57. The summed E-state index contributed by atoms with van der Waals surface area (Å²) < 4.78 is 38.9. The Morgan fingerprint density at radius 2 is 2.08 bits per heavy atom. The Hall–Kier alpha value is -2.58. The van der Waals surface area contributed by atoms with Crippen molar-refractivity contribution >= 4 is 17.6 Å². The SMILES string of the molecule is C=CC(=O)N1CCN2c3ncc(C(F)(F)F)cc3C(=O)N(C)CC2C1. The molecule has 134 valence electrons. The van der Waals surface area contributed by atoms with E-state index in [0.29, 0.717) is 19.6 Å². The molecule has 0 N–H and O–H groups in total. The van der Waals surface area contributed by atoms with Crippen LogP contribution in [-0.2, 0) is 11.0 Å². The molecule has 0 spiro atoms. The van der Waals surface area contributed by atoms with Gasteiger partial charge in [0.25, 0.3) is 5.91 Å². The predicted molar refractivity (Wildman–Crippen MR) is 84.1 cm³/mol. The number of halogens is 3. The van der Waals surface area contributed by atoms with E-state index in [0.717, 1.165) is 12.3 Å². The third kappa shape index (κ3) is 3.06. The number of carbonyl (C=O) groups is 2. The van der Waals surface area contributed by atoms with E-state index in [2.05, 4.69) is 11.6 Å². The average Bonchev–Trinajstić information content (AvgIpc) is 2.68. The Kier molecular flexibility index (Phi) is 4.18. The van der Waals surface area contributed by atoms with Crippen molar-refractivity contribution in [3.63, 3.8) is 0 Å². The van der Waals surface area contributed by atoms with Gasteiger partial charge in [-0.05, 0) is 12.1 Å². The average molecular weight is 354 g/mol. The lowest BCUT2D eigenvalue weighted by molar-refractivity contribution is -0.137. The molecule has 1 fully saturated rings. The number of rotatable bonds is 1. The fourth-order valence-electron chi connectivity index (χ4n) is 3.22. The van der Waals surface area contributed by atoms with Crippen LogP contribution >= 0.6 is 0 Å². The number of anilines is 1. The van der Waals surface area contributed by atoms with E-state index in [1.54, 1.807) is 4.90 Å². The normalized spacial score (nSPS) is 20.7. The summed E-state index contributed by atoms with van der Waals surface area (Å²) in [5.74, 6) is -0.485. The summed E-state index contributed by atoms with van der Waals surface area (Å²) in [6.45, 7) is 4.88. The lowest BCUT2D eigenvalue weighted by Gasteiger charge is -2.41. The maximum atomic E-state index is 13.0. The van der Waals surface area contributed by atoms with Gasteiger partial charge in [0.1, 0.15) is 5.82 Å². The number of pyridine rings is 1. The number of fused-ring (bicyclic) bond motifs is 3. The van der Waals surface area contributed by atoms with Crippen molar-refractivity contribution < 1.29 is 22.8 Å². The number of hydrogen-bond acceptors (Lipinski definition) is 4. The minimum Gasteiger partial charge on any atom is -0.348 e. The van der Waals surface area contributed by atoms with E-state index in [4.69, 9.17) is 0 Å².